The van der Waals surface area contributed by atoms with E-state index in [1.54, 1.807) is 16.7 Å². The fourth-order valence-electron chi connectivity index (χ4n) is 2.39. The van der Waals surface area contributed by atoms with Gasteiger partial charge >= 0.3 is 5.97 Å². The van der Waals surface area contributed by atoms with Gasteiger partial charge in [0, 0.05) is 18.2 Å². The summed E-state index contributed by atoms with van der Waals surface area (Å²) in [6, 6.07) is -0.839. The molecule has 2 aliphatic heterocycles. The summed E-state index contributed by atoms with van der Waals surface area (Å²) in [6.07, 6.45) is 1.47. The third kappa shape index (κ3) is 2.74. The van der Waals surface area contributed by atoms with Gasteiger partial charge in [-0.3, -0.25) is 10.1 Å². The average molecular weight is 258 g/mol. The first-order valence-electron chi connectivity index (χ1n) is 5.94. The van der Waals surface area contributed by atoms with E-state index in [2.05, 4.69) is 5.32 Å². The predicted molar refractivity (Wildman–Crippen MR) is 65.8 cm³/mol. The minimum Gasteiger partial charge on any atom is -0.480 e. The van der Waals surface area contributed by atoms with E-state index in [1.165, 1.54) is 0 Å². The van der Waals surface area contributed by atoms with Crippen LogP contribution in [0.15, 0.2) is 0 Å². The summed E-state index contributed by atoms with van der Waals surface area (Å²) in [7, 11) is 0. The molecular weight excluding hydrogens is 240 g/mol. The standard InChI is InChI=1S/C11H18N2O3S/c1-7-2-3-13(9(4-7)11(15)16)10(14)8-5-17-6-12-8/h7-9,12H,2-6H2,1H3,(H,15,16). The summed E-state index contributed by atoms with van der Waals surface area (Å²) in [4.78, 5) is 25.0. The maximum Gasteiger partial charge on any atom is 0.326 e. The first kappa shape index (κ1) is 12.7. The van der Waals surface area contributed by atoms with Gasteiger partial charge in [0.1, 0.15) is 6.04 Å². The number of carboxylic acid groups (broad SMARTS) is 1. The van der Waals surface area contributed by atoms with Crippen molar-refractivity contribution < 1.29 is 14.7 Å². The molecule has 0 aromatic rings. The van der Waals surface area contributed by atoms with Gasteiger partial charge in [0.25, 0.3) is 0 Å². The van der Waals surface area contributed by atoms with Gasteiger partial charge in [-0.1, -0.05) is 6.92 Å². The zero-order valence-corrected chi connectivity index (χ0v) is 10.7. The van der Waals surface area contributed by atoms with E-state index in [1.807, 2.05) is 6.92 Å². The van der Waals surface area contributed by atoms with Crippen molar-refractivity contribution >= 4 is 23.6 Å². The molecule has 1 amide bonds. The summed E-state index contributed by atoms with van der Waals surface area (Å²) in [5.41, 5.74) is 0. The fourth-order valence-corrected chi connectivity index (χ4v) is 3.33. The van der Waals surface area contributed by atoms with Crippen LogP contribution in [0.2, 0.25) is 0 Å². The molecule has 5 nitrogen and oxygen atoms in total. The van der Waals surface area contributed by atoms with Gasteiger partial charge in [-0.05, 0) is 18.8 Å². The third-order valence-corrected chi connectivity index (χ3v) is 4.39. The SMILES string of the molecule is CC1CCN(C(=O)C2CSCN2)C(C(=O)O)C1. The number of hydrogen-bond donors (Lipinski definition) is 2. The molecule has 17 heavy (non-hydrogen) atoms. The molecule has 0 spiro atoms. The predicted octanol–water partition coefficient (Wildman–Crippen LogP) is 0.361. The number of hydrogen-bond acceptors (Lipinski definition) is 4. The van der Waals surface area contributed by atoms with E-state index in [0.29, 0.717) is 18.9 Å². The Bertz CT molecular complexity index is 318. The summed E-state index contributed by atoms with van der Waals surface area (Å²) in [5.74, 6) is 0.978. The number of carboxylic acids is 1. The van der Waals surface area contributed by atoms with Gasteiger partial charge in [0.2, 0.25) is 5.91 Å². The molecule has 96 valence electrons. The lowest BCUT2D eigenvalue weighted by atomic mass is 9.92. The number of likely N-dealkylation sites (tertiary alicyclic amines) is 1. The smallest absolute Gasteiger partial charge is 0.326 e. The van der Waals surface area contributed by atoms with Crippen molar-refractivity contribution in [2.24, 2.45) is 5.92 Å². The van der Waals surface area contributed by atoms with Gasteiger partial charge in [-0.2, -0.15) is 0 Å². The number of nitrogens with zero attached hydrogens (tertiary/aromatic N) is 1. The van der Waals surface area contributed by atoms with Gasteiger partial charge in [-0.15, -0.1) is 11.8 Å². The van der Waals surface area contributed by atoms with Crippen molar-refractivity contribution in [1.82, 2.24) is 10.2 Å². The summed E-state index contributed by atoms with van der Waals surface area (Å²) in [6.45, 7) is 2.61. The number of amides is 1. The first-order chi connectivity index (χ1) is 8.09. The van der Waals surface area contributed by atoms with Crippen LogP contribution in [-0.2, 0) is 9.59 Å². The Morgan fingerprint density at radius 2 is 2.24 bits per heavy atom. The number of nitrogens with one attached hydrogen (secondary N) is 1. The molecule has 2 rings (SSSR count). The van der Waals surface area contributed by atoms with Crippen LogP contribution in [0.3, 0.4) is 0 Å². The lowest BCUT2D eigenvalue weighted by molar-refractivity contribution is -0.153. The fraction of sp³-hybridized carbons (Fsp3) is 0.818. The highest BCUT2D eigenvalue weighted by Crippen LogP contribution is 2.24. The van der Waals surface area contributed by atoms with Crippen LogP contribution in [0.25, 0.3) is 0 Å². The number of carbonyl (C=O) groups is 2. The van der Waals surface area contributed by atoms with Crippen molar-refractivity contribution in [3.63, 3.8) is 0 Å². The Balaban J connectivity index is 2.06. The molecule has 2 aliphatic rings. The van der Waals surface area contributed by atoms with E-state index in [9.17, 15) is 14.7 Å². The lowest BCUT2D eigenvalue weighted by Gasteiger charge is -2.37. The zero-order chi connectivity index (χ0) is 12.4. The van der Waals surface area contributed by atoms with Crippen molar-refractivity contribution in [2.45, 2.75) is 31.8 Å². The topological polar surface area (TPSA) is 69.6 Å². The van der Waals surface area contributed by atoms with Crippen LogP contribution in [0.1, 0.15) is 19.8 Å². The van der Waals surface area contributed by atoms with E-state index in [-0.39, 0.29) is 11.9 Å². The Morgan fingerprint density at radius 1 is 1.47 bits per heavy atom. The Morgan fingerprint density at radius 3 is 2.82 bits per heavy atom. The maximum atomic E-state index is 12.2. The number of piperidine rings is 1. The largest absolute Gasteiger partial charge is 0.480 e. The van der Waals surface area contributed by atoms with Gasteiger partial charge in [0.05, 0.1) is 6.04 Å². The number of carbonyl (C=O) groups excluding carboxylic acids is 1. The molecule has 3 atom stereocenters. The highest BCUT2D eigenvalue weighted by Gasteiger charge is 2.38. The minimum absolute atomic E-state index is 0.0469. The molecule has 0 aromatic carbocycles. The maximum absolute atomic E-state index is 12.2. The van der Waals surface area contributed by atoms with Crippen molar-refractivity contribution in [2.75, 3.05) is 18.2 Å². The highest BCUT2D eigenvalue weighted by molar-refractivity contribution is 7.99. The Hall–Kier alpha value is -0.750. The molecule has 0 aliphatic carbocycles. The molecule has 2 N–H and O–H groups in total. The van der Waals surface area contributed by atoms with Gasteiger partial charge in [0.15, 0.2) is 0 Å². The molecule has 2 fully saturated rings. The monoisotopic (exact) mass is 258 g/mol. The van der Waals surface area contributed by atoms with Crippen LogP contribution in [-0.4, -0.2) is 52.1 Å². The average Bonchev–Trinajstić information content (AvgIpc) is 2.81. The molecule has 0 aromatic heterocycles. The van der Waals surface area contributed by atoms with Crippen LogP contribution < -0.4 is 5.32 Å². The normalized spacial score (nSPS) is 33.7. The van der Waals surface area contributed by atoms with Crippen LogP contribution in [0, 0.1) is 5.92 Å². The van der Waals surface area contributed by atoms with E-state index in [0.717, 1.165) is 18.1 Å². The van der Waals surface area contributed by atoms with Gasteiger partial charge in [-0.25, -0.2) is 4.79 Å². The molecule has 3 unspecified atom stereocenters. The second-order valence-electron chi connectivity index (χ2n) is 4.79. The Kier molecular flexibility index (Phi) is 3.93. The lowest BCUT2D eigenvalue weighted by Crippen LogP contribution is -2.55. The Labute approximate surface area is 105 Å². The van der Waals surface area contributed by atoms with Crippen molar-refractivity contribution in [3.8, 4) is 0 Å². The second-order valence-corrected chi connectivity index (χ2v) is 5.82. The third-order valence-electron chi connectivity index (χ3n) is 3.45. The first-order valence-corrected chi connectivity index (χ1v) is 7.09. The van der Waals surface area contributed by atoms with Crippen LogP contribution in [0.4, 0.5) is 0 Å². The number of rotatable bonds is 2. The molecular formula is C11H18N2O3S. The molecule has 6 heteroatoms. The quantitative estimate of drug-likeness (QED) is 0.748. The number of thioether (sulfide) groups is 1. The molecule has 2 saturated heterocycles. The van der Waals surface area contributed by atoms with Crippen LogP contribution in [0.5, 0.6) is 0 Å². The molecule has 0 radical (unpaired) electrons. The summed E-state index contributed by atoms with van der Waals surface area (Å²) < 4.78 is 0. The van der Waals surface area contributed by atoms with E-state index >= 15 is 0 Å². The zero-order valence-electron chi connectivity index (χ0n) is 9.89. The molecule has 2 heterocycles. The van der Waals surface area contributed by atoms with E-state index < -0.39 is 12.0 Å². The summed E-state index contributed by atoms with van der Waals surface area (Å²) >= 11 is 1.68. The van der Waals surface area contributed by atoms with Crippen LogP contribution >= 0.6 is 11.8 Å². The highest BCUT2D eigenvalue weighted by atomic mass is 32.2. The summed E-state index contributed by atoms with van der Waals surface area (Å²) in [5, 5.41) is 12.3. The van der Waals surface area contributed by atoms with Crippen molar-refractivity contribution in [3.05, 3.63) is 0 Å². The van der Waals surface area contributed by atoms with Gasteiger partial charge < -0.3 is 10.0 Å². The molecule has 0 saturated carbocycles. The van der Waals surface area contributed by atoms with E-state index in [4.69, 9.17) is 0 Å². The minimum atomic E-state index is -0.879. The molecule has 0 bridgehead atoms. The second kappa shape index (κ2) is 5.27. The van der Waals surface area contributed by atoms with Crippen molar-refractivity contribution in [1.29, 1.82) is 0 Å². The number of aliphatic carboxylic acids is 1.